The Kier molecular flexibility index (Phi) is 8.50. The van der Waals surface area contributed by atoms with Gasteiger partial charge in [0.05, 0.1) is 27.1 Å². The van der Waals surface area contributed by atoms with Crippen LogP contribution >= 0.6 is 11.3 Å². The average molecular weight is 486 g/mol. The number of rotatable bonds is 2. The van der Waals surface area contributed by atoms with E-state index >= 15 is 0 Å². The molecule has 1 fully saturated rings. The van der Waals surface area contributed by atoms with Gasteiger partial charge < -0.3 is 15.5 Å². The Morgan fingerprint density at radius 3 is 2.35 bits per heavy atom. The topological polar surface area (TPSA) is 138 Å². The van der Waals surface area contributed by atoms with Crippen molar-refractivity contribution in [3.05, 3.63) is 47.2 Å². The van der Waals surface area contributed by atoms with Crippen molar-refractivity contribution in [2.75, 3.05) is 13.1 Å². The molecule has 3 aromatic heterocycles. The van der Waals surface area contributed by atoms with Crippen molar-refractivity contribution in [2.24, 2.45) is 0 Å². The van der Waals surface area contributed by atoms with E-state index in [1.807, 2.05) is 32.0 Å². The number of aryl methyl sites for hydroxylation is 2. The van der Waals surface area contributed by atoms with E-state index in [4.69, 9.17) is 24.8 Å². The third-order valence-electron chi connectivity index (χ3n) is 5.35. The molecule has 34 heavy (non-hydrogen) atoms. The second kappa shape index (κ2) is 11.5. The van der Waals surface area contributed by atoms with Crippen LogP contribution < -0.4 is 5.32 Å². The number of thiazole rings is 1. The van der Waals surface area contributed by atoms with Crippen molar-refractivity contribution in [1.29, 1.82) is 0 Å². The first-order valence-electron chi connectivity index (χ1n) is 10.5. The Balaban J connectivity index is 0.000000492. The van der Waals surface area contributed by atoms with Gasteiger partial charge >= 0.3 is 0 Å². The molecule has 1 aliphatic heterocycles. The van der Waals surface area contributed by atoms with E-state index < -0.39 is 0 Å². The fourth-order valence-electron chi connectivity index (χ4n) is 3.92. The van der Waals surface area contributed by atoms with Crippen LogP contribution in [0, 0.1) is 19.7 Å². The summed E-state index contributed by atoms with van der Waals surface area (Å²) in [7, 11) is 0. The predicted octanol–water partition coefficient (Wildman–Crippen LogP) is 3.93. The first kappa shape index (κ1) is 25.1. The number of piperidine rings is 1. The van der Waals surface area contributed by atoms with Crippen molar-refractivity contribution in [3.8, 4) is 10.6 Å². The zero-order valence-electron chi connectivity index (χ0n) is 18.7. The normalized spacial score (nSPS) is 13.5. The SMILES string of the molecule is Cc1cc2nc(-c3cc(F)c4cc(C5CCNCC5)nnc4c3)sc2c(C)n1.O=CO.O=CO. The summed E-state index contributed by atoms with van der Waals surface area (Å²) in [5.74, 6) is 0.0723. The first-order chi connectivity index (χ1) is 16.4. The molecule has 4 heterocycles. The molecule has 178 valence electrons. The predicted molar refractivity (Wildman–Crippen MR) is 128 cm³/mol. The van der Waals surface area contributed by atoms with Gasteiger partial charge in [0, 0.05) is 22.6 Å². The fourth-order valence-corrected chi connectivity index (χ4v) is 4.89. The van der Waals surface area contributed by atoms with Crippen LogP contribution in [0.25, 0.3) is 31.7 Å². The maximum atomic E-state index is 15.0. The summed E-state index contributed by atoms with van der Waals surface area (Å²) in [6.07, 6.45) is 2.02. The number of nitrogens with one attached hydrogen (secondary N) is 1. The minimum absolute atomic E-state index is 0.250. The van der Waals surface area contributed by atoms with E-state index in [0.717, 1.165) is 63.8 Å². The number of nitrogens with zero attached hydrogens (tertiary/aromatic N) is 4. The van der Waals surface area contributed by atoms with E-state index in [2.05, 4.69) is 20.5 Å². The van der Waals surface area contributed by atoms with Gasteiger partial charge in [-0.05, 0) is 64.0 Å². The van der Waals surface area contributed by atoms with Gasteiger partial charge in [-0.1, -0.05) is 0 Å². The van der Waals surface area contributed by atoms with Crippen LogP contribution in [0.4, 0.5) is 4.39 Å². The van der Waals surface area contributed by atoms with Gasteiger partial charge in [-0.3, -0.25) is 14.6 Å². The van der Waals surface area contributed by atoms with E-state index in [-0.39, 0.29) is 18.8 Å². The lowest BCUT2D eigenvalue weighted by Crippen LogP contribution is -2.27. The number of carboxylic acid groups (broad SMARTS) is 2. The van der Waals surface area contributed by atoms with Gasteiger partial charge in [-0.2, -0.15) is 10.2 Å². The van der Waals surface area contributed by atoms with Crippen LogP contribution in [0.2, 0.25) is 0 Å². The van der Waals surface area contributed by atoms with Crippen molar-refractivity contribution >= 4 is 45.4 Å². The van der Waals surface area contributed by atoms with E-state index in [9.17, 15) is 4.39 Å². The number of benzene rings is 1. The molecular formula is C23H24FN5O4S. The van der Waals surface area contributed by atoms with Gasteiger partial charge in [0.15, 0.2) is 0 Å². The van der Waals surface area contributed by atoms with Crippen LogP contribution in [-0.2, 0) is 9.59 Å². The summed E-state index contributed by atoms with van der Waals surface area (Å²) in [5, 5.41) is 27.2. The Morgan fingerprint density at radius 2 is 1.68 bits per heavy atom. The highest BCUT2D eigenvalue weighted by atomic mass is 32.1. The number of hydrogen-bond acceptors (Lipinski definition) is 8. The van der Waals surface area contributed by atoms with Crippen LogP contribution in [-0.4, -0.2) is 56.4 Å². The third kappa shape index (κ3) is 5.67. The second-order valence-electron chi connectivity index (χ2n) is 7.61. The summed E-state index contributed by atoms with van der Waals surface area (Å²) in [6.45, 7) is 5.37. The quantitative estimate of drug-likeness (QED) is 0.361. The van der Waals surface area contributed by atoms with Gasteiger partial charge in [0.25, 0.3) is 12.9 Å². The highest BCUT2D eigenvalue weighted by Crippen LogP contribution is 2.34. The fraction of sp³-hybridized carbons (Fsp3) is 0.304. The molecule has 3 N–H and O–H groups in total. The molecule has 0 saturated carbocycles. The highest BCUT2D eigenvalue weighted by molar-refractivity contribution is 7.21. The monoisotopic (exact) mass is 485 g/mol. The molecule has 0 aliphatic carbocycles. The molecule has 0 atom stereocenters. The lowest BCUT2D eigenvalue weighted by molar-refractivity contribution is -0.123. The van der Waals surface area contributed by atoms with E-state index in [1.54, 1.807) is 6.07 Å². The lowest BCUT2D eigenvalue weighted by Gasteiger charge is -2.21. The molecular weight excluding hydrogens is 461 g/mol. The average Bonchev–Trinajstić information content (AvgIpc) is 3.25. The zero-order valence-corrected chi connectivity index (χ0v) is 19.5. The summed E-state index contributed by atoms with van der Waals surface area (Å²) in [5.41, 5.74) is 4.97. The number of aromatic nitrogens is 4. The van der Waals surface area contributed by atoms with Crippen LogP contribution in [0.15, 0.2) is 24.3 Å². The van der Waals surface area contributed by atoms with Gasteiger partial charge in [-0.25, -0.2) is 9.37 Å². The van der Waals surface area contributed by atoms with E-state index in [0.29, 0.717) is 16.8 Å². The molecule has 5 rings (SSSR count). The molecule has 1 aliphatic rings. The van der Waals surface area contributed by atoms with Crippen LogP contribution in [0.3, 0.4) is 0 Å². The van der Waals surface area contributed by atoms with Gasteiger partial charge in [0.1, 0.15) is 10.8 Å². The molecule has 0 amide bonds. The largest absolute Gasteiger partial charge is 0.483 e. The second-order valence-corrected chi connectivity index (χ2v) is 8.61. The third-order valence-corrected chi connectivity index (χ3v) is 6.58. The first-order valence-corrected chi connectivity index (χ1v) is 11.3. The summed E-state index contributed by atoms with van der Waals surface area (Å²) >= 11 is 1.53. The van der Waals surface area contributed by atoms with Crippen LogP contribution in [0.1, 0.15) is 35.8 Å². The summed E-state index contributed by atoms with van der Waals surface area (Å²) in [4.78, 5) is 25.9. The highest BCUT2D eigenvalue weighted by Gasteiger charge is 2.19. The molecule has 0 spiro atoms. The number of carbonyl (C=O) groups is 2. The standard InChI is InChI=1S/C21H20FN5S.2CH2O2/c1-11-7-19-20(12(2)24-11)28-21(25-19)14-8-16(22)15-10-17(26-27-18(15)9-14)13-3-5-23-6-4-13;2*2-1-3/h7-10,13,23H,3-6H2,1-2H3;2*1H,(H,2,3). The van der Waals surface area contributed by atoms with Gasteiger partial charge in [0.2, 0.25) is 0 Å². The molecule has 1 saturated heterocycles. The number of hydrogen-bond donors (Lipinski definition) is 3. The van der Waals surface area contributed by atoms with Crippen molar-refractivity contribution in [1.82, 2.24) is 25.5 Å². The molecule has 9 nitrogen and oxygen atoms in total. The lowest BCUT2D eigenvalue weighted by atomic mass is 9.93. The van der Waals surface area contributed by atoms with Crippen molar-refractivity contribution in [3.63, 3.8) is 0 Å². The zero-order chi connectivity index (χ0) is 24.7. The Bertz CT molecular complexity index is 1300. The molecule has 4 aromatic rings. The van der Waals surface area contributed by atoms with Crippen LogP contribution in [0.5, 0.6) is 0 Å². The number of pyridine rings is 1. The minimum atomic E-state index is -0.275. The maximum absolute atomic E-state index is 15.0. The maximum Gasteiger partial charge on any atom is 0.290 e. The van der Waals surface area contributed by atoms with Crippen molar-refractivity contribution < 1.29 is 24.2 Å². The van der Waals surface area contributed by atoms with Crippen molar-refractivity contribution in [2.45, 2.75) is 32.6 Å². The smallest absolute Gasteiger partial charge is 0.290 e. The number of halogens is 1. The molecule has 0 unspecified atom stereocenters. The Hall–Kier alpha value is -3.57. The minimum Gasteiger partial charge on any atom is -0.483 e. The summed E-state index contributed by atoms with van der Waals surface area (Å²) in [6, 6.07) is 7.27. The van der Waals surface area contributed by atoms with E-state index in [1.165, 1.54) is 11.3 Å². The summed E-state index contributed by atoms with van der Waals surface area (Å²) < 4.78 is 16.0. The molecule has 11 heteroatoms. The Labute approximate surface area is 198 Å². The molecule has 1 aromatic carbocycles. The molecule has 0 radical (unpaired) electrons. The number of fused-ring (bicyclic) bond motifs is 2. The molecule has 0 bridgehead atoms. The Morgan fingerprint density at radius 1 is 1.00 bits per heavy atom. The van der Waals surface area contributed by atoms with Gasteiger partial charge in [-0.15, -0.1) is 11.3 Å².